The Morgan fingerprint density at radius 1 is 0.964 bits per heavy atom. The molecular formula is C18H15F6NO3. The quantitative estimate of drug-likeness (QED) is 0.717. The Balaban J connectivity index is 2.19. The predicted molar refractivity (Wildman–Crippen MR) is 85.0 cm³/mol. The summed E-state index contributed by atoms with van der Waals surface area (Å²) in [6.07, 6.45) is -10.6. The highest BCUT2D eigenvalue weighted by Gasteiger charge is 2.70. The van der Waals surface area contributed by atoms with E-state index in [9.17, 15) is 41.0 Å². The molecule has 3 rings (SSSR count). The van der Waals surface area contributed by atoms with Gasteiger partial charge in [-0.05, 0) is 36.1 Å². The minimum atomic E-state index is -5.47. The molecule has 1 amide bonds. The molecule has 1 unspecified atom stereocenters. The third kappa shape index (κ3) is 2.90. The fraction of sp³-hybridized carbons (Fsp3) is 0.444. The Morgan fingerprint density at radius 2 is 1.50 bits per heavy atom. The minimum absolute atomic E-state index is 0.140. The Morgan fingerprint density at radius 3 is 1.96 bits per heavy atom. The molecule has 28 heavy (non-hydrogen) atoms. The number of nitrogens with zero attached hydrogens (tertiary/aromatic N) is 1. The number of Topliss-reactive ketones (excluding diaryl/α,β-unsaturated/α-hetero) is 1. The number of carbonyl (C=O) groups is 2. The van der Waals surface area contributed by atoms with Crippen molar-refractivity contribution in [2.75, 3.05) is 4.90 Å². The van der Waals surface area contributed by atoms with Gasteiger partial charge in [-0.3, -0.25) is 14.5 Å². The van der Waals surface area contributed by atoms with E-state index >= 15 is 0 Å². The van der Waals surface area contributed by atoms with Crippen molar-refractivity contribution in [3.05, 3.63) is 41.1 Å². The van der Waals surface area contributed by atoms with Crippen molar-refractivity contribution in [2.45, 2.75) is 44.6 Å². The number of hydrogen-bond donors (Lipinski definition) is 1. The van der Waals surface area contributed by atoms with Gasteiger partial charge in [-0.1, -0.05) is 13.8 Å². The molecule has 2 aliphatic rings. The van der Waals surface area contributed by atoms with Crippen LogP contribution in [0.4, 0.5) is 32.0 Å². The summed E-state index contributed by atoms with van der Waals surface area (Å²) in [6, 6.07) is 2.90. The Bertz CT molecular complexity index is 882. The molecule has 4 nitrogen and oxygen atoms in total. The number of benzene rings is 1. The van der Waals surface area contributed by atoms with Gasteiger partial charge in [-0.15, -0.1) is 0 Å². The van der Waals surface area contributed by atoms with Gasteiger partial charge in [-0.2, -0.15) is 26.3 Å². The fourth-order valence-corrected chi connectivity index (χ4v) is 3.62. The first kappa shape index (κ1) is 20.4. The molecule has 0 aromatic heterocycles. The zero-order chi connectivity index (χ0) is 21.3. The van der Waals surface area contributed by atoms with Crippen molar-refractivity contribution < 1.29 is 41.0 Å². The standard InChI is InChI=1S/C18H15F6NO3/c1-15(2)7-11-13(12(26)8-15)16(28,18(22,23)24)14(27)25(11)10-5-3-9(4-6-10)17(19,20)21/h3-6,28H,7-8H2,1-2H3. The highest BCUT2D eigenvalue weighted by molar-refractivity contribution is 6.18. The van der Waals surface area contributed by atoms with Gasteiger partial charge in [0.1, 0.15) is 0 Å². The number of amides is 1. The molecule has 1 aliphatic heterocycles. The number of anilines is 1. The van der Waals surface area contributed by atoms with Crippen molar-refractivity contribution in [3.8, 4) is 0 Å². The smallest absolute Gasteiger partial charge is 0.368 e. The van der Waals surface area contributed by atoms with Crippen molar-refractivity contribution >= 4 is 17.4 Å². The highest BCUT2D eigenvalue weighted by atomic mass is 19.4. The van der Waals surface area contributed by atoms with Crippen LogP contribution in [-0.2, 0) is 15.8 Å². The van der Waals surface area contributed by atoms with E-state index in [1.165, 1.54) is 0 Å². The largest absolute Gasteiger partial charge is 0.430 e. The second-order valence-electron chi connectivity index (χ2n) is 7.66. The van der Waals surface area contributed by atoms with Gasteiger partial charge in [0.2, 0.25) is 0 Å². The van der Waals surface area contributed by atoms with Crippen LogP contribution in [0.25, 0.3) is 0 Å². The van der Waals surface area contributed by atoms with E-state index in [2.05, 4.69) is 0 Å². The van der Waals surface area contributed by atoms with E-state index in [1.54, 1.807) is 13.8 Å². The average molecular weight is 407 g/mol. The average Bonchev–Trinajstić information content (AvgIpc) is 2.74. The van der Waals surface area contributed by atoms with E-state index in [1.807, 2.05) is 0 Å². The van der Waals surface area contributed by atoms with E-state index in [4.69, 9.17) is 0 Å². The number of carbonyl (C=O) groups excluding carboxylic acids is 2. The molecule has 152 valence electrons. The zero-order valence-electron chi connectivity index (χ0n) is 14.7. The Hall–Kier alpha value is -2.36. The van der Waals surface area contributed by atoms with Gasteiger partial charge in [0.25, 0.3) is 11.5 Å². The first-order valence-corrected chi connectivity index (χ1v) is 8.17. The van der Waals surface area contributed by atoms with Gasteiger partial charge in [0, 0.05) is 17.8 Å². The van der Waals surface area contributed by atoms with Crippen molar-refractivity contribution in [1.29, 1.82) is 0 Å². The van der Waals surface area contributed by atoms with Gasteiger partial charge in [-0.25, -0.2) is 0 Å². The molecule has 1 heterocycles. The highest BCUT2D eigenvalue weighted by Crippen LogP contribution is 2.52. The number of hydrogen-bond acceptors (Lipinski definition) is 3. The first-order chi connectivity index (χ1) is 12.6. The third-order valence-corrected chi connectivity index (χ3v) is 4.86. The minimum Gasteiger partial charge on any atom is -0.368 e. The van der Waals surface area contributed by atoms with Crippen LogP contribution < -0.4 is 4.90 Å². The molecule has 0 spiro atoms. The lowest BCUT2D eigenvalue weighted by Crippen LogP contribution is -2.55. The topological polar surface area (TPSA) is 57.6 Å². The molecule has 1 N–H and O–H groups in total. The van der Waals surface area contributed by atoms with E-state index in [0.717, 1.165) is 12.1 Å². The molecule has 0 saturated heterocycles. The zero-order valence-corrected chi connectivity index (χ0v) is 14.7. The maximum atomic E-state index is 13.6. The van der Waals surface area contributed by atoms with Gasteiger partial charge >= 0.3 is 12.4 Å². The molecule has 1 atom stereocenters. The number of aliphatic hydroxyl groups is 1. The lowest BCUT2D eigenvalue weighted by atomic mass is 9.73. The van der Waals surface area contributed by atoms with Crippen LogP contribution in [0.3, 0.4) is 0 Å². The number of ketones is 1. The van der Waals surface area contributed by atoms with Gasteiger partial charge in [0.05, 0.1) is 11.1 Å². The van der Waals surface area contributed by atoms with Crippen LogP contribution >= 0.6 is 0 Å². The lowest BCUT2D eigenvalue weighted by molar-refractivity contribution is -0.235. The van der Waals surface area contributed by atoms with Crippen LogP contribution in [0, 0.1) is 5.41 Å². The summed E-state index contributed by atoms with van der Waals surface area (Å²) in [5, 5.41) is 10.3. The van der Waals surface area contributed by atoms with Crippen molar-refractivity contribution in [2.24, 2.45) is 5.41 Å². The van der Waals surface area contributed by atoms with E-state index < -0.39 is 46.2 Å². The molecule has 0 fully saturated rings. The maximum absolute atomic E-state index is 13.6. The summed E-state index contributed by atoms with van der Waals surface area (Å²) in [5.74, 6) is -2.84. The number of allylic oxidation sites excluding steroid dienone is 1. The molecule has 0 radical (unpaired) electrons. The van der Waals surface area contributed by atoms with Crippen molar-refractivity contribution in [3.63, 3.8) is 0 Å². The van der Waals surface area contributed by atoms with E-state index in [0.29, 0.717) is 17.0 Å². The summed E-state index contributed by atoms with van der Waals surface area (Å²) in [6.45, 7) is 3.21. The van der Waals surface area contributed by atoms with Crippen LogP contribution in [0.5, 0.6) is 0 Å². The summed E-state index contributed by atoms with van der Waals surface area (Å²) in [4.78, 5) is 25.5. The monoisotopic (exact) mass is 407 g/mol. The van der Waals surface area contributed by atoms with Crippen LogP contribution in [-0.4, -0.2) is 28.6 Å². The van der Waals surface area contributed by atoms with Crippen LogP contribution in [0.2, 0.25) is 0 Å². The summed E-state index contributed by atoms with van der Waals surface area (Å²) in [5.41, 5.74) is -7.56. The molecule has 10 heteroatoms. The lowest BCUT2D eigenvalue weighted by Gasteiger charge is -2.33. The van der Waals surface area contributed by atoms with Gasteiger partial charge in [0.15, 0.2) is 5.78 Å². The van der Waals surface area contributed by atoms with Crippen LogP contribution in [0.1, 0.15) is 32.3 Å². The number of halogens is 6. The molecule has 1 aromatic carbocycles. The molecule has 1 aliphatic carbocycles. The summed E-state index contributed by atoms with van der Waals surface area (Å²) in [7, 11) is 0. The molecular weight excluding hydrogens is 392 g/mol. The summed E-state index contributed by atoms with van der Waals surface area (Å²) >= 11 is 0. The second-order valence-corrected chi connectivity index (χ2v) is 7.66. The van der Waals surface area contributed by atoms with Gasteiger partial charge < -0.3 is 5.11 Å². The fourth-order valence-electron chi connectivity index (χ4n) is 3.62. The maximum Gasteiger partial charge on any atom is 0.430 e. The molecule has 1 aromatic rings. The van der Waals surface area contributed by atoms with Crippen molar-refractivity contribution in [1.82, 2.24) is 0 Å². The number of rotatable bonds is 1. The van der Waals surface area contributed by atoms with Crippen LogP contribution in [0.15, 0.2) is 35.5 Å². The third-order valence-electron chi connectivity index (χ3n) is 4.86. The second kappa shape index (κ2) is 5.82. The molecule has 0 saturated carbocycles. The predicted octanol–water partition coefficient (Wildman–Crippen LogP) is 3.99. The number of alkyl halides is 6. The molecule has 0 bridgehead atoms. The SMILES string of the molecule is CC1(C)CC(=O)C2=C(C1)N(c1ccc(C(F)(F)F)cc1)C(=O)C2(O)C(F)(F)F. The Labute approximate surface area is 155 Å². The summed E-state index contributed by atoms with van der Waals surface area (Å²) < 4.78 is 79.1. The Kier molecular flexibility index (Phi) is 4.24. The normalized spacial score (nSPS) is 25.4. The van der Waals surface area contributed by atoms with E-state index in [-0.39, 0.29) is 24.2 Å². The first-order valence-electron chi connectivity index (χ1n) is 8.17.